The van der Waals surface area contributed by atoms with Crippen LogP contribution < -0.4 is 5.73 Å². The van der Waals surface area contributed by atoms with E-state index in [1.807, 2.05) is 0 Å². The largest absolute Gasteiger partial charge is 0.379 e. The standard InChI is InChI=1S/C14H29NO2/c1-12(2)10-16-8-9-17-11-14(15)13-6-4-3-5-7-13/h12-14H,3-11,15H2,1-2H3. The van der Waals surface area contributed by atoms with Gasteiger partial charge >= 0.3 is 0 Å². The Kier molecular flexibility index (Phi) is 7.82. The van der Waals surface area contributed by atoms with Gasteiger partial charge in [0, 0.05) is 12.6 Å². The van der Waals surface area contributed by atoms with Gasteiger partial charge in [-0.05, 0) is 24.7 Å². The van der Waals surface area contributed by atoms with Crippen molar-refractivity contribution in [2.24, 2.45) is 17.6 Å². The number of hydrogen-bond acceptors (Lipinski definition) is 3. The highest BCUT2D eigenvalue weighted by atomic mass is 16.5. The molecule has 0 bridgehead atoms. The van der Waals surface area contributed by atoms with Crippen LogP contribution in [0.25, 0.3) is 0 Å². The summed E-state index contributed by atoms with van der Waals surface area (Å²) in [7, 11) is 0. The number of ether oxygens (including phenoxy) is 2. The van der Waals surface area contributed by atoms with Gasteiger partial charge in [0.05, 0.1) is 19.8 Å². The minimum absolute atomic E-state index is 0.223. The first-order valence-corrected chi connectivity index (χ1v) is 7.11. The highest BCUT2D eigenvalue weighted by molar-refractivity contribution is 4.75. The molecule has 3 heteroatoms. The van der Waals surface area contributed by atoms with Crippen LogP contribution in [0.5, 0.6) is 0 Å². The molecule has 0 radical (unpaired) electrons. The Hall–Kier alpha value is -0.120. The zero-order valence-electron chi connectivity index (χ0n) is 11.5. The molecule has 0 spiro atoms. The minimum atomic E-state index is 0.223. The van der Waals surface area contributed by atoms with Crippen LogP contribution in [-0.4, -0.2) is 32.5 Å². The van der Waals surface area contributed by atoms with Crippen LogP contribution in [0.1, 0.15) is 46.0 Å². The highest BCUT2D eigenvalue weighted by Crippen LogP contribution is 2.25. The highest BCUT2D eigenvalue weighted by Gasteiger charge is 2.20. The molecule has 17 heavy (non-hydrogen) atoms. The van der Waals surface area contributed by atoms with Gasteiger partial charge in [0.2, 0.25) is 0 Å². The summed E-state index contributed by atoms with van der Waals surface area (Å²) in [4.78, 5) is 0. The lowest BCUT2D eigenvalue weighted by Crippen LogP contribution is -2.36. The van der Waals surface area contributed by atoms with Crippen LogP contribution >= 0.6 is 0 Å². The van der Waals surface area contributed by atoms with E-state index in [9.17, 15) is 0 Å². The van der Waals surface area contributed by atoms with Crippen molar-refractivity contribution in [1.29, 1.82) is 0 Å². The van der Waals surface area contributed by atoms with Gasteiger partial charge in [-0.1, -0.05) is 33.1 Å². The Labute approximate surface area is 106 Å². The minimum Gasteiger partial charge on any atom is -0.379 e. The van der Waals surface area contributed by atoms with Crippen molar-refractivity contribution in [1.82, 2.24) is 0 Å². The number of nitrogens with two attached hydrogens (primary N) is 1. The number of hydrogen-bond donors (Lipinski definition) is 1. The van der Waals surface area contributed by atoms with E-state index in [1.54, 1.807) is 0 Å². The molecule has 1 aliphatic carbocycles. The first kappa shape index (κ1) is 14.9. The summed E-state index contributed by atoms with van der Waals surface area (Å²) in [5.74, 6) is 1.28. The summed E-state index contributed by atoms with van der Waals surface area (Å²) >= 11 is 0. The van der Waals surface area contributed by atoms with Gasteiger partial charge in [0.15, 0.2) is 0 Å². The fourth-order valence-corrected chi connectivity index (χ4v) is 2.35. The summed E-state index contributed by atoms with van der Waals surface area (Å²) in [5, 5.41) is 0. The monoisotopic (exact) mass is 243 g/mol. The van der Waals surface area contributed by atoms with E-state index in [0.29, 0.717) is 31.7 Å². The molecule has 3 nitrogen and oxygen atoms in total. The van der Waals surface area contributed by atoms with E-state index >= 15 is 0 Å². The van der Waals surface area contributed by atoms with Crippen molar-refractivity contribution in [3.05, 3.63) is 0 Å². The fourth-order valence-electron chi connectivity index (χ4n) is 2.35. The van der Waals surface area contributed by atoms with Crippen molar-refractivity contribution in [3.8, 4) is 0 Å². The molecule has 2 N–H and O–H groups in total. The van der Waals surface area contributed by atoms with Gasteiger partial charge in [0.1, 0.15) is 0 Å². The van der Waals surface area contributed by atoms with Gasteiger partial charge in [-0.25, -0.2) is 0 Å². The van der Waals surface area contributed by atoms with Crippen LogP contribution in [0.4, 0.5) is 0 Å². The van der Waals surface area contributed by atoms with E-state index in [4.69, 9.17) is 15.2 Å². The summed E-state index contributed by atoms with van der Waals surface area (Å²) in [6.45, 7) is 7.18. The third-order valence-corrected chi connectivity index (χ3v) is 3.39. The second kappa shape index (κ2) is 8.90. The Balaban J connectivity index is 1.94. The van der Waals surface area contributed by atoms with E-state index in [-0.39, 0.29) is 6.04 Å². The van der Waals surface area contributed by atoms with Gasteiger partial charge < -0.3 is 15.2 Å². The summed E-state index contributed by atoms with van der Waals surface area (Å²) in [5.41, 5.74) is 6.15. The van der Waals surface area contributed by atoms with E-state index in [0.717, 1.165) is 6.61 Å². The average Bonchev–Trinajstić information content (AvgIpc) is 2.34. The normalized spacial score (nSPS) is 19.8. The van der Waals surface area contributed by atoms with Crippen LogP contribution in [0, 0.1) is 11.8 Å². The maximum atomic E-state index is 6.15. The molecule has 1 saturated carbocycles. The molecule has 102 valence electrons. The van der Waals surface area contributed by atoms with Gasteiger partial charge in [-0.2, -0.15) is 0 Å². The Morgan fingerprint density at radius 1 is 1.00 bits per heavy atom. The molecule has 0 saturated heterocycles. The number of rotatable bonds is 8. The SMILES string of the molecule is CC(C)COCCOCC(N)C1CCCCC1. The first-order chi connectivity index (χ1) is 8.20. The molecule has 0 amide bonds. The summed E-state index contributed by atoms with van der Waals surface area (Å²) in [6, 6.07) is 0.223. The summed E-state index contributed by atoms with van der Waals surface area (Å²) < 4.78 is 11.0. The molecule has 0 aliphatic heterocycles. The van der Waals surface area contributed by atoms with Crippen LogP contribution in [0.15, 0.2) is 0 Å². The van der Waals surface area contributed by atoms with E-state index < -0.39 is 0 Å². The third-order valence-electron chi connectivity index (χ3n) is 3.39. The predicted octanol–water partition coefficient (Wildman–Crippen LogP) is 2.58. The van der Waals surface area contributed by atoms with Gasteiger partial charge in [0.25, 0.3) is 0 Å². The van der Waals surface area contributed by atoms with Crippen LogP contribution in [0.3, 0.4) is 0 Å². The van der Waals surface area contributed by atoms with Crippen molar-refractivity contribution >= 4 is 0 Å². The van der Waals surface area contributed by atoms with Crippen LogP contribution in [-0.2, 0) is 9.47 Å². The zero-order valence-corrected chi connectivity index (χ0v) is 11.5. The Morgan fingerprint density at radius 3 is 2.18 bits per heavy atom. The summed E-state index contributed by atoms with van der Waals surface area (Å²) in [6.07, 6.45) is 6.64. The average molecular weight is 243 g/mol. The topological polar surface area (TPSA) is 44.5 Å². The zero-order chi connectivity index (χ0) is 12.5. The molecule has 1 unspecified atom stereocenters. The van der Waals surface area contributed by atoms with E-state index in [1.165, 1.54) is 32.1 Å². The lowest BCUT2D eigenvalue weighted by atomic mass is 9.84. The Bertz CT molecular complexity index is 179. The molecule has 1 fully saturated rings. The lowest BCUT2D eigenvalue weighted by Gasteiger charge is -2.27. The molecular formula is C14H29NO2. The van der Waals surface area contributed by atoms with Crippen molar-refractivity contribution in [2.75, 3.05) is 26.4 Å². The molecule has 0 aromatic heterocycles. The Morgan fingerprint density at radius 2 is 1.59 bits per heavy atom. The molecule has 0 heterocycles. The second-order valence-corrected chi connectivity index (χ2v) is 5.61. The van der Waals surface area contributed by atoms with Crippen molar-refractivity contribution < 1.29 is 9.47 Å². The molecule has 1 rings (SSSR count). The van der Waals surface area contributed by atoms with E-state index in [2.05, 4.69) is 13.8 Å². The maximum Gasteiger partial charge on any atom is 0.0701 e. The lowest BCUT2D eigenvalue weighted by molar-refractivity contribution is 0.0267. The fraction of sp³-hybridized carbons (Fsp3) is 1.00. The van der Waals surface area contributed by atoms with Gasteiger partial charge in [-0.15, -0.1) is 0 Å². The first-order valence-electron chi connectivity index (χ1n) is 7.11. The molecule has 0 aromatic carbocycles. The quantitative estimate of drug-likeness (QED) is 0.666. The molecule has 0 aromatic rings. The third kappa shape index (κ3) is 7.02. The molecule has 1 aliphatic rings. The van der Waals surface area contributed by atoms with Crippen molar-refractivity contribution in [3.63, 3.8) is 0 Å². The smallest absolute Gasteiger partial charge is 0.0701 e. The predicted molar refractivity (Wildman–Crippen MR) is 71.0 cm³/mol. The van der Waals surface area contributed by atoms with Crippen LogP contribution in [0.2, 0.25) is 0 Å². The second-order valence-electron chi connectivity index (χ2n) is 5.61. The van der Waals surface area contributed by atoms with Crippen molar-refractivity contribution in [2.45, 2.75) is 52.0 Å². The molecule has 1 atom stereocenters. The molecular weight excluding hydrogens is 214 g/mol. The maximum absolute atomic E-state index is 6.15. The van der Waals surface area contributed by atoms with Gasteiger partial charge in [-0.3, -0.25) is 0 Å².